The van der Waals surface area contributed by atoms with E-state index < -0.39 is 5.60 Å². The average Bonchev–Trinajstić information content (AvgIpc) is 2.63. The van der Waals surface area contributed by atoms with Crippen LogP contribution in [0.25, 0.3) is 0 Å². The van der Waals surface area contributed by atoms with E-state index in [1.165, 1.54) is 19.3 Å². The molecule has 4 nitrogen and oxygen atoms in total. The molecule has 1 unspecified atom stereocenters. The molecule has 2 N–H and O–H groups in total. The second kappa shape index (κ2) is 5.08. The number of alkyl carbamates (subject to hydrolysis) is 1. The van der Waals surface area contributed by atoms with E-state index in [1.54, 1.807) is 0 Å². The monoisotopic (exact) mass is 254 g/mol. The average molecular weight is 254 g/mol. The van der Waals surface area contributed by atoms with Gasteiger partial charge in [0, 0.05) is 11.6 Å². The van der Waals surface area contributed by atoms with Gasteiger partial charge in [-0.2, -0.15) is 0 Å². The minimum absolute atomic E-state index is 0.00958. The number of nitrogens with one attached hydrogen (secondary N) is 2. The van der Waals surface area contributed by atoms with Gasteiger partial charge in [0.05, 0.1) is 0 Å². The molecular weight excluding hydrogens is 228 g/mol. The van der Waals surface area contributed by atoms with Gasteiger partial charge in [-0.3, -0.25) is 0 Å². The van der Waals surface area contributed by atoms with Gasteiger partial charge in [0.25, 0.3) is 0 Å². The molecule has 1 amide bonds. The van der Waals surface area contributed by atoms with Gasteiger partial charge in [0.2, 0.25) is 0 Å². The van der Waals surface area contributed by atoms with Crippen LogP contribution in [0.15, 0.2) is 0 Å². The summed E-state index contributed by atoms with van der Waals surface area (Å²) in [6, 6.07) is 0.570. The number of rotatable bonds is 3. The highest BCUT2D eigenvalue weighted by atomic mass is 16.6. The molecule has 1 aliphatic carbocycles. The quantitative estimate of drug-likeness (QED) is 0.814. The zero-order valence-corrected chi connectivity index (χ0v) is 11.8. The Hall–Kier alpha value is -0.770. The first-order chi connectivity index (χ1) is 8.39. The van der Waals surface area contributed by atoms with Crippen LogP contribution in [0.2, 0.25) is 0 Å². The molecule has 0 aromatic carbocycles. The van der Waals surface area contributed by atoms with Crippen molar-refractivity contribution in [2.75, 3.05) is 6.54 Å². The SMILES string of the molecule is CC(C)(C)OC(=O)NC1(CC2CCCN2)CCC1. The Labute approximate surface area is 110 Å². The van der Waals surface area contributed by atoms with Gasteiger partial charge in [-0.25, -0.2) is 4.79 Å². The summed E-state index contributed by atoms with van der Waals surface area (Å²) in [5.74, 6) is 0. The third-order valence-electron chi connectivity index (χ3n) is 3.88. The summed E-state index contributed by atoms with van der Waals surface area (Å²) in [6.45, 7) is 6.82. The van der Waals surface area contributed by atoms with Crippen LogP contribution in [0.5, 0.6) is 0 Å². The Morgan fingerprint density at radius 3 is 2.56 bits per heavy atom. The van der Waals surface area contributed by atoms with Crippen LogP contribution in [0.3, 0.4) is 0 Å². The summed E-state index contributed by atoms with van der Waals surface area (Å²) in [6.07, 6.45) is 6.66. The summed E-state index contributed by atoms with van der Waals surface area (Å²) < 4.78 is 5.36. The highest BCUT2D eigenvalue weighted by Gasteiger charge is 2.41. The second-order valence-electron chi connectivity index (χ2n) is 6.76. The first-order valence-corrected chi connectivity index (χ1v) is 7.13. The van der Waals surface area contributed by atoms with Crippen LogP contribution in [0.1, 0.15) is 59.3 Å². The van der Waals surface area contributed by atoms with Crippen LogP contribution >= 0.6 is 0 Å². The van der Waals surface area contributed by atoms with Gasteiger partial charge in [-0.1, -0.05) is 0 Å². The summed E-state index contributed by atoms with van der Waals surface area (Å²) in [5, 5.41) is 6.62. The summed E-state index contributed by atoms with van der Waals surface area (Å²) in [4.78, 5) is 11.9. The molecule has 1 heterocycles. The van der Waals surface area contributed by atoms with E-state index in [0.29, 0.717) is 6.04 Å². The van der Waals surface area contributed by atoms with E-state index in [1.807, 2.05) is 20.8 Å². The van der Waals surface area contributed by atoms with Crippen molar-refractivity contribution in [3.8, 4) is 0 Å². The molecule has 1 saturated carbocycles. The second-order valence-corrected chi connectivity index (χ2v) is 6.76. The molecule has 2 aliphatic rings. The molecule has 2 fully saturated rings. The smallest absolute Gasteiger partial charge is 0.408 e. The van der Waals surface area contributed by atoms with Crippen LogP contribution in [0.4, 0.5) is 4.79 Å². The fourth-order valence-corrected chi connectivity index (χ4v) is 2.91. The van der Waals surface area contributed by atoms with Crippen molar-refractivity contribution in [2.45, 2.75) is 76.5 Å². The first-order valence-electron chi connectivity index (χ1n) is 7.13. The lowest BCUT2D eigenvalue weighted by Crippen LogP contribution is -2.56. The van der Waals surface area contributed by atoms with Crippen molar-refractivity contribution >= 4 is 6.09 Å². The highest BCUT2D eigenvalue weighted by Crippen LogP contribution is 2.37. The highest BCUT2D eigenvalue weighted by molar-refractivity contribution is 5.69. The van der Waals surface area contributed by atoms with Gasteiger partial charge in [0.15, 0.2) is 0 Å². The third-order valence-corrected chi connectivity index (χ3v) is 3.88. The lowest BCUT2D eigenvalue weighted by Gasteiger charge is -2.44. The van der Waals surface area contributed by atoms with Crippen molar-refractivity contribution in [1.29, 1.82) is 0 Å². The van der Waals surface area contributed by atoms with Gasteiger partial charge >= 0.3 is 6.09 Å². The Morgan fingerprint density at radius 1 is 1.39 bits per heavy atom. The van der Waals surface area contributed by atoms with Crippen LogP contribution in [-0.4, -0.2) is 29.8 Å². The molecule has 2 rings (SSSR count). The fraction of sp³-hybridized carbons (Fsp3) is 0.929. The molecule has 4 heteroatoms. The predicted molar refractivity (Wildman–Crippen MR) is 71.6 cm³/mol. The first kappa shape index (κ1) is 13.7. The van der Waals surface area contributed by atoms with Crippen LogP contribution < -0.4 is 10.6 Å². The minimum Gasteiger partial charge on any atom is -0.444 e. The van der Waals surface area contributed by atoms with Crippen molar-refractivity contribution in [2.24, 2.45) is 0 Å². The van der Waals surface area contributed by atoms with E-state index in [0.717, 1.165) is 25.8 Å². The standard InChI is InChI=1S/C14H26N2O2/c1-13(2,3)18-12(17)16-14(7-5-8-14)10-11-6-4-9-15-11/h11,15H,4-10H2,1-3H3,(H,16,17). The molecule has 1 aliphatic heterocycles. The lowest BCUT2D eigenvalue weighted by atomic mass is 9.72. The molecule has 0 radical (unpaired) electrons. The Bertz CT molecular complexity index is 299. The molecule has 0 aromatic heterocycles. The fourth-order valence-electron chi connectivity index (χ4n) is 2.91. The van der Waals surface area contributed by atoms with E-state index in [-0.39, 0.29) is 11.6 Å². The Kier molecular flexibility index (Phi) is 3.85. The molecule has 1 atom stereocenters. The minimum atomic E-state index is -0.416. The number of ether oxygens (including phenoxy) is 1. The van der Waals surface area contributed by atoms with Crippen molar-refractivity contribution in [1.82, 2.24) is 10.6 Å². The Morgan fingerprint density at radius 2 is 2.11 bits per heavy atom. The number of hydrogen-bond acceptors (Lipinski definition) is 3. The molecule has 0 bridgehead atoms. The lowest BCUT2D eigenvalue weighted by molar-refractivity contribution is 0.0358. The van der Waals surface area contributed by atoms with Crippen molar-refractivity contribution in [3.63, 3.8) is 0 Å². The molecule has 1 saturated heterocycles. The topological polar surface area (TPSA) is 50.4 Å². The van der Waals surface area contributed by atoms with E-state index in [9.17, 15) is 4.79 Å². The largest absolute Gasteiger partial charge is 0.444 e. The Balaban J connectivity index is 1.85. The molecule has 104 valence electrons. The number of carbonyl (C=O) groups is 1. The maximum atomic E-state index is 11.9. The normalized spacial score (nSPS) is 26.5. The zero-order valence-electron chi connectivity index (χ0n) is 11.8. The number of hydrogen-bond donors (Lipinski definition) is 2. The molecule has 0 spiro atoms. The molecule has 0 aromatic rings. The number of amides is 1. The summed E-state index contributed by atoms with van der Waals surface area (Å²) >= 11 is 0. The third kappa shape index (κ3) is 3.61. The van der Waals surface area contributed by atoms with E-state index in [4.69, 9.17) is 4.74 Å². The maximum absolute atomic E-state index is 11.9. The van der Waals surface area contributed by atoms with Crippen molar-refractivity contribution < 1.29 is 9.53 Å². The molecule has 18 heavy (non-hydrogen) atoms. The zero-order chi connectivity index (χ0) is 13.2. The van der Waals surface area contributed by atoms with Crippen LogP contribution in [0, 0.1) is 0 Å². The van der Waals surface area contributed by atoms with Crippen molar-refractivity contribution in [3.05, 3.63) is 0 Å². The summed E-state index contributed by atoms with van der Waals surface area (Å²) in [5.41, 5.74) is -0.426. The van der Waals surface area contributed by atoms with Gasteiger partial charge in [-0.15, -0.1) is 0 Å². The molecular formula is C14H26N2O2. The predicted octanol–water partition coefficient (Wildman–Crippen LogP) is 2.58. The van der Waals surface area contributed by atoms with Crippen LogP contribution in [-0.2, 0) is 4.74 Å². The van der Waals surface area contributed by atoms with Gasteiger partial charge in [-0.05, 0) is 65.8 Å². The van der Waals surface area contributed by atoms with E-state index in [2.05, 4.69) is 10.6 Å². The number of carbonyl (C=O) groups excluding carboxylic acids is 1. The van der Waals surface area contributed by atoms with Gasteiger partial charge < -0.3 is 15.4 Å². The van der Waals surface area contributed by atoms with E-state index >= 15 is 0 Å². The maximum Gasteiger partial charge on any atom is 0.408 e. The van der Waals surface area contributed by atoms with Gasteiger partial charge in [0.1, 0.15) is 5.60 Å². The summed E-state index contributed by atoms with van der Waals surface area (Å²) in [7, 11) is 0.